The van der Waals surface area contributed by atoms with Crippen LogP contribution in [0.25, 0.3) is 0 Å². The zero-order valence-corrected chi connectivity index (χ0v) is 6.79. The van der Waals surface area contributed by atoms with Gasteiger partial charge in [-0.15, -0.1) is 0 Å². The molecule has 0 aromatic heterocycles. The molecule has 0 aromatic rings. The number of carbonyl (C=O) groups excluding carboxylic acids is 1. The number of likely N-dealkylation sites (tertiary alicyclic amines) is 1. The molecule has 0 spiro atoms. The van der Waals surface area contributed by atoms with E-state index in [0.29, 0.717) is 6.04 Å². The summed E-state index contributed by atoms with van der Waals surface area (Å²) in [5.74, 6) is 0.193. The Morgan fingerprint density at radius 1 is 1.50 bits per heavy atom. The lowest BCUT2D eigenvalue weighted by Crippen LogP contribution is -2.58. The molecule has 10 heavy (non-hydrogen) atoms. The second-order valence-electron chi connectivity index (χ2n) is 3.04. The number of rotatable bonds is 1. The highest BCUT2D eigenvalue weighted by molar-refractivity contribution is 5.74. The van der Waals surface area contributed by atoms with Gasteiger partial charge in [-0.1, -0.05) is 0 Å². The van der Waals surface area contributed by atoms with Gasteiger partial charge in [-0.25, -0.2) is 0 Å². The molecule has 0 aromatic carbocycles. The Labute approximate surface area is 61.6 Å². The molecule has 3 nitrogen and oxygen atoms in total. The SMILES string of the molecule is CC(=O)N1CC(N(C)C)C1. The van der Waals surface area contributed by atoms with E-state index in [1.807, 2.05) is 19.0 Å². The Kier molecular flexibility index (Phi) is 1.94. The zero-order valence-electron chi connectivity index (χ0n) is 6.79. The largest absolute Gasteiger partial charge is 0.340 e. The molecule has 1 rings (SSSR count). The first-order valence-corrected chi connectivity index (χ1v) is 3.53. The van der Waals surface area contributed by atoms with Crippen molar-refractivity contribution in [1.29, 1.82) is 0 Å². The van der Waals surface area contributed by atoms with Crippen LogP contribution in [0.4, 0.5) is 0 Å². The van der Waals surface area contributed by atoms with Crippen LogP contribution in [-0.4, -0.2) is 48.9 Å². The molecule has 1 aliphatic rings. The van der Waals surface area contributed by atoms with E-state index in [1.54, 1.807) is 6.92 Å². The summed E-state index contributed by atoms with van der Waals surface area (Å²) in [5.41, 5.74) is 0. The first-order valence-electron chi connectivity index (χ1n) is 3.53. The fourth-order valence-electron chi connectivity index (χ4n) is 1.04. The highest BCUT2D eigenvalue weighted by atomic mass is 16.2. The Morgan fingerprint density at radius 2 is 2.00 bits per heavy atom. The Hall–Kier alpha value is -0.570. The van der Waals surface area contributed by atoms with E-state index in [2.05, 4.69) is 4.90 Å². The molecule has 0 aliphatic carbocycles. The molecule has 0 radical (unpaired) electrons. The van der Waals surface area contributed by atoms with Crippen molar-refractivity contribution in [2.75, 3.05) is 27.2 Å². The van der Waals surface area contributed by atoms with Gasteiger partial charge in [0.1, 0.15) is 0 Å². The van der Waals surface area contributed by atoms with Crippen LogP contribution in [-0.2, 0) is 4.79 Å². The quantitative estimate of drug-likeness (QED) is 0.505. The minimum atomic E-state index is 0.193. The van der Waals surface area contributed by atoms with Gasteiger partial charge in [0.25, 0.3) is 0 Å². The maximum atomic E-state index is 10.7. The minimum Gasteiger partial charge on any atom is -0.340 e. The van der Waals surface area contributed by atoms with Crippen LogP contribution >= 0.6 is 0 Å². The molecular weight excluding hydrogens is 128 g/mol. The lowest BCUT2D eigenvalue weighted by molar-refractivity contribution is -0.135. The van der Waals surface area contributed by atoms with E-state index >= 15 is 0 Å². The lowest BCUT2D eigenvalue weighted by Gasteiger charge is -2.42. The van der Waals surface area contributed by atoms with Crippen molar-refractivity contribution >= 4 is 5.91 Å². The van der Waals surface area contributed by atoms with E-state index in [4.69, 9.17) is 0 Å². The molecule has 0 unspecified atom stereocenters. The average Bonchev–Trinajstić information content (AvgIpc) is 1.56. The van der Waals surface area contributed by atoms with Crippen molar-refractivity contribution < 1.29 is 4.79 Å². The second-order valence-corrected chi connectivity index (χ2v) is 3.04. The summed E-state index contributed by atoms with van der Waals surface area (Å²) < 4.78 is 0. The number of hydrogen-bond donors (Lipinski definition) is 0. The maximum Gasteiger partial charge on any atom is 0.219 e. The third-order valence-corrected chi connectivity index (χ3v) is 2.04. The van der Waals surface area contributed by atoms with Gasteiger partial charge < -0.3 is 9.80 Å². The molecular formula is C7H14N2O. The Bertz CT molecular complexity index is 139. The number of carbonyl (C=O) groups is 1. The number of nitrogens with zero attached hydrogens (tertiary/aromatic N) is 2. The first kappa shape index (κ1) is 7.54. The third kappa shape index (κ3) is 1.29. The molecule has 0 N–H and O–H groups in total. The maximum absolute atomic E-state index is 10.7. The third-order valence-electron chi connectivity index (χ3n) is 2.04. The van der Waals surface area contributed by atoms with Crippen molar-refractivity contribution in [3.05, 3.63) is 0 Å². The van der Waals surface area contributed by atoms with Gasteiger partial charge in [0, 0.05) is 26.1 Å². The molecule has 1 heterocycles. The van der Waals surface area contributed by atoms with Gasteiger partial charge >= 0.3 is 0 Å². The van der Waals surface area contributed by atoms with Gasteiger partial charge in [-0.05, 0) is 14.1 Å². The monoisotopic (exact) mass is 142 g/mol. The van der Waals surface area contributed by atoms with Crippen LogP contribution in [0.3, 0.4) is 0 Å². The summed E-state index contributed by atoms with van der Waals surface area (Å²) in [6, 6.07) is 0.587. The summed E-state index contributed by atoms with van der Waals surface area (Å²) in [4.78, 5) is 14.7. The molecule has 0 saturated carbocycles. The Morgan fingerprint density at radius 3 is 2.30 bits per heavy atom. The molecule has 3 heteroatoms. The van der Waals surface area contributed by atoms with Crippen molar-refractivity contribution in [2.45, 2.75) is 13.0 Å². The first-order chi connectivity index (χ1) is 4.61. The zero-order chi connectivity index (χ0) is 7.72. The van der Waals surface area contributed by atoms with Crippen molar-refractivity contribution in [3.63, 3.8) is 0 Å². The number of likely N-dealkylation sites (N-methyl/N-ethyl adjacent to an activating group) is 1. The number of hydrogen-bond acceptors (Lipinski definition) is 2. The number of amides is 1. The molecule has 1 saturated heterocycles. The van der Waals surface area contributed by atoms with Gasteiger partial charge in [0.05, 0.1) is 0 Å². The summed E-state index contributed by atoms with van der Waals surface area (Å²) in [6.07, 6.45) is 0. The van der Waals surface area contributed by atoms with Crippen LogP contribution < -0.4 is 0 Å². The summed E-state index contributed by atoms with van der Waals surface area (Å²) in [6.45, 7) is 3.43. The highest BCUT2D eigenvalue weighted by Crippen LogP contribution is 2.11. The molecule has 1 fully saturated rings. The normalized spacial score (nSPS) is 19.4. The Balaban J connectivity index is 2.24. The highest BCUT2D eigenvalue weighted by Gasteiger charge is 2.29. The van der Waals surface area contributed by atoms with Gasteiger partial charge in [0.15, 0.2) is 0 Å². The average molecular weight is 142 g/mol. The van der Waals surface area contributed by atoms with Crippen LogP contribution in [0.1, 0.15) is 6.92 Å². The predicted molar refractivity (Wildman–Crippen MR) is 39.7 cm³/mol. The van der Waals surface area contributed by atoms with Crippen molar-refractivity contribution in [3.8, 4) is 0 Å². The van der Waals surface area contributed by atoms with Gasteiger partial charge in [0.2, 0.25) is 5.91 Å². The van der Waals surface area contributed by atoms with E-state index in [1.165, 1.54) is 0 Å². The van der Waals surface area contributed by atoms with Crippen molar-refractivity contribution in [2.24, 2.45) is 0 Å². The fourth-order valence-corrected chi connectivity index (χ4v) is 1.04. The van der Waals surface area contributed by atoms with Crippen LogP contribution in [0.15, 0.2) is 0 Å². The van der Waals surface area contributed by atoms with Gasteiger partial charge in [-0.2, -0.15) is 0 Å². The fraction of sp³-hybridized carbons (Fsp3) is 0.857. The smallest absolute Gasteiger partial charge is 0.219 e. The molecule has 58 valence electrons. The van der Waals surface area contributed by atoms with Crippen LogP contribution in [0, 0.1) is 0 Å². The van der Waals surface area contributed by atoms with Crippen LogP contribution in [0.5, 0.6) is 0 Å². The molecule has 0 bridgehead atoms. The van der Waals surface area contributed by atoms with E-state index in [-0.39, 0.29) is 5.91 Å². The molecule has 1 amide bonds. The van der Waals surface area contributed by atoms with Gasteiger partial charge in [-0.3, -0.25) is 4.79 Å². The summed E-state index contributed by atoms with van der Waals surface area (Å²) in [5, 5.41) is 0. The van der Waals surface area contributed by atoms with Crippen LogP contribution in [0.2, 0.25) is 0 Å². The molecule has 1 aliphatic heterocycles. The second kappa shape index (κ2) is 2.58. The molecule has 0 atom stereocenters. The predicted octanol–water partition coefficient (Wildman–Crippen LogP) is -0.221. The van der Waals surface area contributed by atoms with E-state index < -0.39 is 0 Å². The summed E-state index contributed by atoms with van der Waals surface area (Å²) in [7, 11) is 4.09. The topological polar surface area (TPSA) is 23.6 Å². The minimum absolute atomic E-state index is 0.193. The summed E-state index contributed by atoms with van der Waals surface area (Å²) >= 11 is 0. The van der Waals surface area contributed by atoms with Crippen molar-refractivity contribution in [1.82, 2.24) is 9.80 Å². The standard InChI is InChI=1S/C7H14N2O/c1-6(10)9-4-7(5-9)8(2)3/h7H,4-5H2,1-3H3. The lowest BCUT2D eigenvalue weighted by atomic mass is 10.1. The van der Waals surface area contributed by atoms with E-state index in [9.17, 15) is 4.79 Å². The van der Waals surface area contributed by atoms with E-state index in [0.717, 1.165) is 13.1 Å².